The highest BCUT2D eigenvalue weighted by Crippen LogP contribution is 2.34. The van der Waals surface area contributed by atoms with Crippen LogP contribution in [0.5, 0.6) is 11.5 Å². The van der Waals surface area contributed by atoms with Crippen LogP contribution < -0.4 is 14.8 Å². The molecule has 1 atom stereocenters. The summed E-state index contributed by atoms with van der Waals surface area (Å²) in [6.07, 6.45) is 0. The van der Waals surface area contributed by atoms with Crippen LogP contribution in [0.1, 0.15) is 34.5 Å². The summed E-state index contributed by atoms with van der Waals surface area (Å²) < 4.78 is 10.7. The van der Waals surface area contributed by atoms with Crippen molar-refractivity contribution in [3.05, 3.63) is 65.7 Å². The summed E-state index contributed by atoms with van der Waals surface area (Å²) in [7, 11) is 0. The van der Waals surface area contributed by atoms with Gasteiger partial charge in [-0.2, -0.15) is 0 Å². The molecule has 2 aromatic rings. The fourth-order valence-electron chi connectivity index (χ4n) is 3.20. The zero-order valence-electron chi connectivity index (χ0n) is 14.3. The lowest BCUT2D eigenvalue weighted by molar-refractivity contribution is -0.121. The molecule has 1 N–H and O–H groups in total. The van der Waals surface area contributed by atoms with E-state index in [4.69, 9.17) is 9.47 Å². The standard InChI is InChI=1S/C20H18N2O4/c1-12(14-7-8-17-18(9-14)26-11-25-17)21-19(23)10-22-13(2)15-5-3-4-6-16(15)20(22)24/h3-9,12H,2,10-11H2,1H3,(H,21,23). The van der Waals surface area contributed by atoms with E-state index >= 15 is 0 Å². The predicted molar refractivity (Wildman–Crippen MR) is 95.6 cm³/mol. The Morgan fingerprint density at radius 2 is 1.92 bits per heavy atom. The van der Waals surface area contributed by atoms with Crippen molar-refractivity contribution in [2.24, 2.45) is 0 Å². The number of fused-ring (bicyclic) bond motifs is 2. The third-order valence-electron chi connectivity index (χ3n) is 4.62. The van der Waals surface area contributed by atoms with Gasteiger partial charge in [0.25, 0.3) is 5.91 Å². The molecular weight excluding hydrogens is 332 g/mol. The molecular formula is C20H18N2O4. The fraction of sp³-hybridized carbons (Fsp3) is 0.200. The predicted octanol–water partition coefficient (Wildman–Crippen LogP) is 2.72. The number of nitrogens with zero attached hydrogens (tertiary/aromatic N) is 1. The van der Waals surface area contributed by atoms with Crippen LogP contribution in [0.25, 0.3) is 5.70 Å². The molecule has 6 heteroatoms. The molecule has 2 heterocycles. The molecule has 2 aliphatic rings. The summed E-state index contributed by atoms with van der Waals surface area (Å²) in [5.74, 6) is 0.917. The molecule has 2 aromatic carbocycles. The molecule has 0 aromatic heterocycles. The van der Waals surface area contributed by atoms with Crippen molar-refractivity contribution in [2.45, 2.75) is 13.0 Å². The highest BCUT2D eigenvalue weighted by atomic mass is 16.7. The highest BCUT2D eigenvalue weighted by molar-refractivity contribution is 6.10. The summed E-state index contributed by atoms with van der Waals surface area (Å²) >= 11 is 0. The van der Waals surface area contributed by atoms with Gasteiger partial charge in [-0.25, -0.2) is 0 Å². The Labute approximate surface area is 151 Å². The van der Waals surface area contributed by atoms with Crippen LogP contribution in [0.3, 0.4) is 0 Å². The number of carbonyl (C=O) groups is 2. The molecule has 0 bridgehead atoms. The molecule has 6 nitrogen and oxygen atoms in total. The van der Waals surface area contributed by atoms with Gasteiger partial charge in [-0.3, -0.25) is 14.5 Å². The number of rotatable bonds is 4. The van der Waals surface area contributed by atoms with Gasteiger partial charge in [0.2, 0.25) is 12.7 Å². The lowest BCUT2D eigenvalue weighted by atomic mass is 10.1. The second kappa shape index (κ2) is 6.22. The molecule has 2 amide bonds. The van der Waals surface area contributed by atoms with Gasteiger partial charge in [-0.15, -0.1) is 0 Å². The average Bonchev–Trinajstić information content (AvgIpc) is 3.20. The number of hydrogen-bond donors (Lipinski definition) is 1. The van der Waals surface area contributed by atoms with E-state index in [-0.39, 0.29) is 31.2 Å². The van der Waals surface area contributed by atoms with Crippen molar-refractivity contribution >= 4 is 17.5 Å². The monoisotopic (exact) mass is 350 g/mol. The minimum absolute atomic E-state index is 0.0682. The van der Waals surface area contributed by atoms with Gasteiger partial charge < -0.3 is 14.8 Å². The van der Waals surface area contributed by atoms with Gasteiger partial charge in [0.15, 0.2) is 11.5 Å². The van der Waals surface area contributed by atoms with E-state index in [2.05, 4.69) is 11.9 Å². The van der Waals surface area contributed by atoms with Crippen molar-refractivity contribution in [1.82, 2.24) is 10.2 Å². The number of hydrogen-bond acceptors (Lipinski definition) is 4. The number of carbonyl (C=O) groups excluding carboxylic acids is 2. The largest absolute Gasteiger partial charge is 0.454 e. The molecule has 0 fully saturated rings. The Hall–Kier alpha value is -3.28. The molecule has 26 heavy (non-hydrogen) atoms. The number of benzene rings is 2. The van der Waals surface area contributed by atoms with E-state index in [0.717, 1.165) is 11.1 Å². The summed E-state index contributed by atoms with van der Waals surface area (Å²) in [6, 6.07) is 12.6. The van der Waals surface area contributed by atoms with Crippen LogP contribution in [0, 0.1) is 0 Å². The van der Waals surface area contributed by atoms with Gasteiger partial charge in [0.1, 0.15) is 6.54 Å². The molecule has 0 aliphatic carbocycles. The first kappa shape index (κ1) is 16.2. The van der Waals surface area contributed by atoms with Gasteiger partial charge in [0, 0.05) is 16.8 Å². The van der Waals surface area contributed by atoms with E-state index in [1.807, 2.05) is 37.3 Å². The van der Waals surface area contributed by atoms with Gasteiger partial charge in [-0.1, -0.05) is 30.8 Å². The van der Waals surface area contributed by atoms with Crippen LogP contribution in [0.4, 0.5) is 0 Å². The number of nitrogens with one attached hydrogen (secondary N) is 1. The molecule has 2 aliphatic heterocycles. The normalized spacial score (nSPS) is 15.8. The van der Waals surface area contributed by atoms with Crippen LogP contribution in [0.15, 0.2) is 49.0 Å². The number of amides is 2. The van der Waals surface area contributed by atoms with Crippen LogP contribution in [0.2, 0.25) is 0 Å². The topological polar surface area (TPSA) is 67.9 Å². The molecule has 1 unspecified atom stereocenters. The van der Waals surface area contributed by atoms with Crippen LogP contribution in [-0.4, -0.2) is 30.1 Å². The average molecular weight is 350 g/mol. The van der Waals surface area contributed by atoms with Gasteiger partial charge in [0.05, 0.1) is 6.04 Å². The zero-order chi connectivity index (χ0) is 18.3. The van der Waals surface area contributed by atoms with Crippen molar-refractivity contribution in [2.75, 3.05) is 13.3 Å². The lowest BCUT2D eigenvalue weighted by Gasteiger charge is -2.20. The van der Waals surface area contributed by atoms with E-state index in [9.17, 15) is 9.59 Å². The smallest absolute Gasteiger partial charge is 0.259 e. The maximum absolute atomic E-state index is 12.5. The van der Waals surface area contributed by atoms with Crippen molar-refractivity contribution < 1.29 is 19.1 Å². The second-order valence-electron chi connectivity index (χ2n) is 6.29. The van der Waals surface area contributed by atoms with Crippen molar-refractivity contribution in [3.8, 4) is 11.5 Å². The second-order valence-corrected chi connectivity index (χ2v) is 6.29. The van der Waals surface area contributed by atoms with Gasteiger partial charge >= 0.3 is 0 Å². The summed E-state index contributed by atoms with van der Waals surface area (Å²) in [6.45, 7) is 5.97. The van der Waals surface area contributed by atoms with Crippen LogP contribution >= 0.6 is 0 Å². The quantitative estimate of drug-likeness (QED) is 0.921. The van der Waals surface area contributed by atoms with E-state index in [1.54, 1.807) is 12.1 Å². The summed E-state index contributed by atoms with van der Waals surface area (Å²) in [5, 5.41) is 2.91. The molecule has 0 spiro atoms. The molecule has 0 radical (unpaired) electrons. The molecule has 4 rings (SSSR count). The number of ether oxygens (including phenoxy) is 2. The first-order valence-corrected chi connectivity index (χ1v) is 8.33. The molecule has 132 valence electrons. The highest BCUT2D eigenvalue weighted by Gasteiger charge is 2.32. The fourth-order valence-corrected chi connectivity index (χ4v) is 3.20. The van der Waals surface area contributed by atoms with Crippen molar-refractivity contribution in [1.29, 1.82) is 0 Å². The van der Waals surface area contributed by atoms with Gasteiger partial charge in [-0.05, 0) is 30.7 Å². The Bertz CT molecular complexity index is 887. The van der Waals surface area contributed by atoms with Crippen LogP contribution in [-0.2, 0) is 4.79 Å². The zero-order valence-corrected chi connectivity index (χ0v) is 14.3. The summed E-state index contributed by atoms with van der Waals surface area (Å²) in [4.78, 5) is 26.3. The Morgan fingerprint density at radius 3 is 2.69 bits per heavy atom. The lowest BCUT2D eigenvalue weighted by Crippen LogP contribution is -2.37. The molecule has 0 saturated heterocycles. The maximum Gasteiger partial charge on any atom is 0.259 e. The first-order chi connectivity index (χ1) is 12.5. The van der Waals surface area contributed by atoms with E-state index in [0.29, 0.717) is 22.8 Å². The Morgan fingerprint density at radius 1 is 1.19 bits per heavy atom. The van der Waals surface area contributed by atoms with E-state index in [1.165, 1.54) is 4.90 Å². The minimum atomic E-state index is -0.252. The summed E-state index contributed by atoms with van der Waals surface area (Å²) in [5.41, 5.74) is 2.80. The maximum atomic E-state index is 12.5. The Balaban J connectivity index is 1.43. The third kappa shape index (κ3) is 2.69. The Kier molecular flexibility index (Phi) is 3.88. The van der Waals surface area contributed by atoms with Crippen molar-refractivity contribution in [3.63, 3.8) is 0 Å². The molecule has 0 saturated carbocycles. The minimum Gasteiger partial charge on any atom is -0.454 e. The third-order valence-corrected chi connectivity index (χ3v) is 4.62. The SMILES string of the molecule is C=C1c2ccccc2C(=O)N1CC(=O)NC(C)c1ccc2c(c1)OCO2. The van der Waals surface area contributed by atoms with E-state index < -0.39 is 0 Å². The first-order valence-electron chi connectivity index (χ1n) is 8.33.